The van der Waals surface area contributed by atoms with E-state index in [1.54, 1.807) is 12.0 Å². The number of anilines is 1. The van der Waals surface area contributed by atoms with Gasteiger partial charge in [0.2, 0.25) is 0 Å². The number of hydrogen-bond donors (Lipinski definition) is 0. The van der Waals surface area contributed by atoms with Gasteiger partial charge in [-0.05, 0) is 48.5 Å². The number of thiocarbonyl (C=S) groups is 1. The van der Waals surface area contributed by atoms with E-state index in [0.29, 0.717) is 31.5 Å². The topological polar surface area (TPSA) is 34.5 Å². The smallest absolute Gasteiger partial charge is 0.270 e. The minimum Gasteiger partial charge on any atom is -0.497 e. The number of rotatable bonds is 5. The minimum atomic E-state index is -0.147. The second-order valence-electron chi connectivity index (χ2n) is 7.64. The molecule has 1 aromatic heterocycles. The van der Waals surface area contributed by atoms with Crippen LogP contribution in [0.5, 0.6) is 5.75 Å². The average Bonchev–Trinajstić information content (AvgIpc) is 3.33. The van der Waals surface area contributed by atoms with E-state index < -0.39 is 0 Å². The number of carbonyl (C=O) groups excluding carboxylic acids is 1. The van der Waals surface area contributed by atoms with Crippen LogP contribution in [-0.4, -0.2) is 21.9 Å². The van der Waals surface area contributed by atoms with E-state index in [2.05, 4.69) is 4.57 Å². The Morgan fingerprint density at radius 3 is 2.41 bits per heavy atom. The third kappa shape index (κ3) is 4.23. The molecule has 0 aliphatic carbocycles. The SMILES string of the molecule is COc1ccc(N2C(=O)/C(=C\c3cn(Cc4c(Cl)cccc4Cl)c4ccccc34)SC2=S)cc1. The van der Waals surface area contributed by atoms with Crippen LogP contribution >= 0.6 is 47.2 Å². The predicted molar refractivity (Wildman–Crippen MR) is 146 cm³/mol. The van der Waals surface area contributed by atoms with Gasteiger partial charge in [0.05, 0.1) is 24.2 Å². The van der Waals surface area contributed by atoms with E-state index in [-0.39, 0.29) is 5.91 Å². The summed E-state index contributed by atoms with van der Waals surface area (Å²) in [7, 11) is 1.60. The number of amides is 1. The molecule has 8 heteroatoms. The van der Waals surface area contributed by atoms with Gasteiger partial charge in [-0.1, -0.05) is 71.4 Å². The van der Waals surface area contributed by atoms with Crippen LogP contribution in [-0.2, 0) is 11.3 Å². The number of aromatic nitrogens is 1. The van der Waals surface area contributed by atoms with Gasteiger partial charge >= 0.3 is 0 Å². The molecule has 34 heavy (non-hydrogen) atoms. The lowest BCUT2D eigenvalue weighted by atomic mass is 10.1. The van der Waals surface area contributed by atoms with Gasteiger partial charge in [0.25, 0.3) is 5.91 Å². The summed E-state index contributed by atoms with van der Waals surface area (Å²) >= 11 is 19.7. The molecule has 0 radical (unpaired) electrons. The fraction of sp³-hybridized carbons (Fsp3) is 0.0769. The summed E-state index contributed by atoms with van der Waals surface area (Å²) in [5, 5.41) is 2.26. The molecule has 0 saturated carbocycles. The molecule has 0 bridgehead atoms. The molecule has 1 fully saturated rings. The second-order valence-corrected chi connectivity index (χ2v) is 10.1. The number of fused-ring (bicyclic) bond motifs is 1. The first-order chi connectivity index (χ1) is 16.5. The third-order valence-electron chi connectivity index (χ3n) is 5.62. The van der Waals surface area contributed by atoms with E-state index in [1.807, 2.05) is 79.0 Å². The summed E-state index contributed by atoms with van der Waals surface area (Å²) in [5.74, 6) is 0.572. The molecule has 1 aliphatic rings. The van der Waals surface area contributed by atoms with E-state index >= 15 is 0 Å². The first-order valence-electron chi connectivity index (χ1n) is 10.4. The Labute approximate surface area is 216 Å². The van der Waals surface area contributed by atoms with Crippen molar-refractivity contribution in [2.45, 2.75) is 6.54 Å². The Kier molecular flexibility index (Phi) is 6.40. The van der Waals surface area contributed by atoms with Crippen LogP contribution in [0.25, 0.3) is 17.0 Å². The summed E-state index contributed by atoms with van der Waals surface area (Å²) in [4.78, 5) is 15.4. The first-order valence-corrected chi connectivity index (χ1v) is 12.4. The Hall–Kier alpha value is -2.77. The molecule has 1 aliphatic heterocycles. The lowest BCUT2D eigenvalue weighted by molar-refractivity contribution is -0.113. The van der Waals surface area contributed by atoms with E-state index in [1.165, 1.54) is 11.8 Å². The van der Waals surface area contributed by atoms with Gasteiger partial charge in [0.1, 0.15) is 5.75 Å². The number of para-hydroxylation sites is 1. The molecule has 2 heterocycles. The first kappa shape index (κ1) is 23.0. The molecular weight excluding hydrogens is 507 g/mol. The lowest BCUT2D eigenvalue weighted by Crippen LogP contribution is -2.27. The number of carbonyl (C=O) groups is 1. The number of methoxy groups -OCH3 is 1. The van der Waals surface area contributed by atoms with Crippen LogP contribution < -0.4 is 9.64 Å². The Balaban J connectivity index is 1.52. The van der Waals surface area contributed by atoms with Crippen molar-refractivity contribution in [3.63, 3.8) is 0 Å². The number of halogens is 2. The highest BCUT2D eigenvalue weighted by Gasteiger charge is 2.33. The number of benzene rings is 3. The van der Waals surface area contributed by atoms with Crippen molar-refractivity contribution in [2.24, 2.45) is 0 Å². The summed E-state index contributed by atoms with van der Waals surface area (Å²) in [6, 6.07) is 20.8. The van der Waals surface area contributed by atoms with E-state index in [4.69, 9.17) is 40.2 Å². The third-order valence-corrected chi connectivity index (χ3v) is 7.63. The minimum absolute atomic E-state index is 0.147. The van der Waals surface area contributed by atoms with Gasteiger partial charge in [-0.2, -0.15) is 0 Å². The monoisotopic (exact) mass is 524 g/mol. The maximum absolute atomic E-state index is 13.3. The van der Waals surface area contributed by atoms with Gasteiger partial charge in [-0.15, -0.1) is 0 Å². The van der Waals surface area contributed by atoms with Crippen LogP contribution in [0.2, 0.25) is 10.0 Å². The summed E-state index contributed by atoms with van der Waals surface area (Å²) in [6.45, 7) is 0.514. The lowest BCUT2D eigenvalue weighted by Gasteiger charge is -2.14. The predicted octanol–water partition coefficient (Wildman–Crippen LogP) is 7.41. The van der Waals surface area contributed by atoms with Gasteiger partial charge in [0, 0.05) is 38.3 Å². The van der Waals surface area contributed by atoms with Crippen molar-refractivity contribution < 1.29 is 9.53 Å². The maximum atomic E-state index is 13.3. The van der Waals surface area contributed by atoms with Crippen molar-refractivity contribution in [1.82, 2.24) is 4.57 Å². The van der Waals surface area contributed by atoms with Crippen molar-refractivity contribution in [2.75, 3.05) is 12.0 Å². The highest BCUT2D eigenvalue weighted by Crippen LogP contribution is 2.38. The fourth-order valence-electron chi connectivity index (χ4n) is 3.94. The zero-order chi connectivity index (χ0) is 23.8. The quantitative estimate of drug-likeness (QED) is 0.201. The molecule has 1 saturated heterocycles. The van der Waals surface area contributed by atoms with Gasteiger partial charge in [-0.3, -0.25) is 9.69 Å². The highest BCUT2D eigenvalue weighted by molar-refractivity contribution is 8.27. The number of nitrogens with zero attached hydrogens (tertiary/aromatic N) is 2. The Morgan fingerprint density at radius 1 is 1.00 bits per heavy atom. The van der Waals surface area contributed by atoms with Gasteiger partial charge in [0.15, 0.2) is 4.32 Å². The van der Waals surface area contributed by atoms with Crippen molar-refractivity contribution in [3.05, 3.63) is 99.0 Å². The number of ether oxygens (including phenoxy) is 1. The second kappa shape index (κ2) is 9.47. The molecule has 3 aromatic carbocycles. The Morgan fingerprint density at radius 2 is 1.71 bits per heavy atom. The van der Waals surface area contributed by atoms with Crippen LogP contribution in [0.1, 0.15) is 11.1 Å². The van der Waals surface area contributed by atoms with E-state index in [9.17, 15) is 4.79 Å². The summed E-state index contributed by atoms with van der Waals surface area (Å²) < 4.78 is 7.80. The Bertz CT molecular complexity index is 1440. The van der Waals surface area contributed by atoms with Crippen LogP contribution in [0.15, 0.2) is 77.8 Å². The number of thioether (sulfide) groups is 1. The fourth-order valence-corrected chi connectivity index (χ4v) is 5.74. The van der Waals surface area contributed by atoms with Crippen LogP contribution in [0.4, 0.5) is 5.69 Å². The summed E-state index contributed by atoms with van der Waals surface area (Å²) in [5.41, 5.74) is 3.51. The van der Waals surface area contributed by atoms with Crippen molar-refractivity contribution >= 4 is 80.1 Å². The standard InChI is InChI=1S/C26H18Cl2N2O2S2/c1-32-18-11-9-17(10-12-18)30-25(31)24(34-26(30)33)13-16-14-29(23-8-3-2-5-19(16)23)15-20-21(27)6-4-7-22(20)28/h2-14H,15H2,1H3/b24-13+. The maximum Gasteiger partial charge on any atom is 0.270 e. The van der Waals surface area contributed by atoms with Crippen LogP contribution in [0.3, 0.4) is 0 Å². The zero-order valence-corrected chi connectivity index (χ0v) is 21.1. The highest BCUT2D eigenvalue weighted by atomic mass is 35.5. The number of hydrogen-bond acceptors (Lipinski definition) is 4. The molecule has 0 N–H and O–H groups in total. The molecular formula is C26H18Cl2N2O2S2. The van der Waals surface area contributed by atoms with Crippen molar-refractivity contribution in [3.8, 4) is 5.75 Å². The molecule has 0 unspecified atom stereocenters. The van der Waals surface area contributed by atoms with Gasteiger partial charge < -0.3 is 9.30 Å². The van der Waals surface area contributed by atoms with Gasteiger partial charge in [-0.25, -0.2) is 0 Å². The van der Waals surface area contributed by atoms with Crippen LogP contribution in [0, 0.1) is 0 Å². The molecule has 5 rings (SSSR count). The zero-order valence-electron chi connectivity index (χ0n) is 18.0. The largest absolute Gasteiger partial charge is 0.497 e. The normalized spacial score (nSPS) is 15.0. The van der Waals surface area contributed by atoms with E-state index in [0.717, 1.165) is 27.8 Å². The molecule has 170 valence electrons. The summed E-state index contributed by atoms with van der Waals surface area (Å²) in [6.07, 6.45) is 3.92. The molecule has 0 spiro atoms. The molecule has 4 aromatic rings. The van der Waals surface area contributed by atoms with Crippen molar-refractivity contribution in [1.29, 1.82) is 0 Å². The average molecular weight is 525 g/mol. The molecule has 1 amide bonds. The molecule has 4 nitrogen and oxygen atoms in total. The molecule has 0 atom stereocenters.